The number of carbonyl (C=O) groups excluding carboxylic acids is 1. The van der Waals surface area contributed by atoms with Gasteiger partial charge in [0.1, 0.15) is 0 Å². The van der Waals surface area contributed by atoms with Gasteiger partial charge in [-0.25, -0.2) is 9.48 Å². The molecule has 0 amide bonds. The Bertz CT molecular complexity index is 664. The van der Waals surface area contributed by atoms with E-state index in [-0.39, 0.29) is 5.69 Å². The first-order valence-electron chi connectivity index (χ1n) is 7.44. The highest BCUT2D eigenvalue weighted by Crippen LogP contribution is 2.28. The van der Waals surface area contributed by atoms with Crippen LogP contribution in [0.25, 0.3) is 0 Å². The van der Waals surface area contributed by atoms with E-state index in [1.54, 1.807) is 10.9 Å². The van der Waals surface area contributed by atoms with Crippen LogP contribution in [-0.2, 0) is 18.0 Å². The molecule has 0 radical (unpaired) electrons. The molecule has 3 rings (SSSR count). The highest BCUT2D eigenvalue weighted by molar-refractivity contribution is 5.86. The summed E-state index contributed by atoms with van der Waals surface area (Å²) in [6.07, 6.45) is 4.06. The molecule has 0 unspecified atom stereocenters. The Morgan fingerprint density at radius 2 is 2.27 bits per heavy atom. The molecule has 0 bridgehead atoms. The van der Waals surface area contributed by atoms with Crippen molar-refractivity contribution in [2.45, 2.75) is 39.0 Å². The molecular formula is C16H20N4O2. The van der Waals surface area contributed by atoms with Crippen molar-refractivity contribution in [3.63, 3.8) is 0 Å². The summed E-state index contributed by atoms with van der Waals surface area (Å²) >= 11 is 0. The van der Waals surface area contributed by atoms with Crippen LogP contribution in [0, 0.1) is 6.92 Å². The van der Waals surface area contributed by atoms with Crippen LogP contribution in [0.4, 0.5) is 0 Å². The predicted octanol–water partition coefficient (Wildman–Crippen LogP) is 2.00. The van der Waals surface area contributed by atoms with Gasteiger partial charge in [0.05, 0.1) is 20.0 Å². The summed E-state index contributed by atoms with van der Waals surface area (Å²) in [4.78, 5) is 13.8. The van der Waals surface area contributed by atoms with Crippen LogP contribution in [0.3, 0.4) is 0 Å². The smallest absolute Gasteiger partial charge is 0.360 e. The average molecular weight is 300 g/mol. The summed E-state index contributed by atoms with van der Waals surface area (Å²) in [6.45, 7) is 3.60. The fourth-order valence-corrected chi connectivity index (χ4v) is 2.53. The fourth-order valence-electron chi connectivity index (χ4n) is 2.53. The maximum atomic E-state index is 11.4. The van der Waals surface area contributed by atoms with E-state index in [1.807, 2.05) is 0 Å². The number of methoxy groups -OCH3 is 1. The van der Waals surface area contributed by atoms with E-state index in [4.69, 9.17) is 0 Å². The second-order valence-corrected chi connectivity index (χ2v) is 5.74. The normalized spacial score (nSPS) is 14.3. The molecule has 22 heavy (non-hydrogen) atoms. The molecular weight excluding hydrogens is 280 g/mol. The van der Waals surface area contributed by atoms with E-state index in [0.29, 0.717) is 12.7 Å². The molecule has 0 atom stereocenters. The molecule has 1 aromatic carbocycles. The number of hydrogen-bond donors (Lipinski definition) is 0. The van der Waals surface area contributed by atoms with Gasteiger partial charge in [-0.15, -0.1) is 5.10 Å². The third-order valence-corrected chi connectivity index (χ3v) is 3.79. The lowest BCUT2D eigenvalue weighted by atomic mass is 10.1. The van der Waals surface area contributed by atoms with Crippen molar-refractivity contribution in [2.24, 2.45) is 0 Å². The highest BCUT2D eigenvalue weighted by atomic mass is 16.5. The summed E-state index contributed by atoms with van der Waals surface area (Å²) in [5.74, 6) is -0.456. The first kappa shape index (κ1) is 14.7. The monoisotopic (exact) mass is 300 g/mol. The first-order valence-corrected chi connectivity index (χ1v) is 7.44. The van der Waals surface area contributed by atoms with E-state index in [2.05, 4.69) is 51.1 Å². The lowest BCUT2D eigenvalue weighted by Crippen LogP contribution is -2.28. The largest absolute Gasteiger partial charge is 0.464 e. The predicted molar refractivity (Wildman–Crippen MR) is 81.1 cm³/mol. The van der Waals surface area contributed by atoms with Gasteiger partial charge in [-0.05, 0) is 25.3 Å². The topological polar surface area (TPSA) is 60.2 Å². The fraction of sp³-hybridized carbons (Fsp3) is 0.438. The quantitative estimate of drug-likeness (QED) is 0.764. The Kier molecular flexibility index (Phi) is 4.20. The van der Waals surface area contributed by atoms with Gasteiger partial charge >= 0.3 is 5.97 Å². The van der Waals surface area contributed by atoms with Crippen LogP contribution in [0.1, 0.15) is 34.5 Å². The van der Waals surface area contributed by atoms with Crippen molar-refractivity contribution in [1.29, 1.82) is 0 Å². The number of benzene rings is 1. The molecule has 0 saturated heterocycles. The number of hydrogen-bond acceptors (Lipinski definition) is 5. The molecule has 0 aliphatic heterocycles. The zero-order valence-corrected chi connectivity index (χ0v) is 12.9. The molecule has 1 aromatic heterocycles. The van der Waals surface area contributed by atoms with Gasteiger partial charge < -0.3 is 4.74 Å². The minimum absolute atomic E-state index is 0.244. The van der Waals surface area contributed by atoms with Crippen molar-refractivity contribution < 1.29 is 9.53 Å². The van der Waals surface area contributed by atoms with Gasteiger partial charge in [-0.1, -0.05) is 35.0 Å². The first-order chi connectivity index (χ1) is 10.7. The summed E-state index contributed by atoms with van der Waals surface area (Å²) in [5, 5.41) is 7.87. The highest BCUT2D eigenvalue weighted by Gasteiger charge is 2.29. The number of carbonyl (C=O) groups is 1. The number of aromatic nitrogens is 3. The van der Waals surface area contributed by atoms with Crippen molar-refractivity contribution in [2.75, 3.05) is 7.11 Å². The van der Waals surface area contributed by atoms with Crippen LogP contribution in [-0.4, -0.2) is 39.0 Å². The van der Waals surface area contributed by atoms with Crippen LogP contribution >= 0.6 is 0 Å². The van der Waals surface area contributed by atoms with E-state index >= 15 is 0 Å². The van der Waals surface area contributed by atoms with Crippen LogP contribution < -0.4 is 0 Å². The molecule has 0 spiro atoms. The summed E-state index contributed by atoms with van der Waals surface area (Å²) in [5.41, 5.74) is 2.80. The zero-order valence-electron chi connectivity index (χ0n) is 12.9. The van der Waals surface area contributed by atoms with Crippen molar-refractivity contribution >= 4 is 5.97 Å². The number of ether oxygens (including phenoxy) is 1. The maximum Gasteiger partial charge on any atom is 0.360 e. The maximum absolute atomic E-state index is 11.4. The Morgan fingerprint density at radius 1 is 1.45 bits per heavy atom. The summed E-state index contributed by atoms with van der Waals surface area (Å²) in [6, 6.07) is 9.12. The van der Waals surface area contributed by atoms with Gasteiger partial charge in [0.2, 0.25) is 0 Å². The number of aryl methyl sites for hydroxylation is 1. The third-order valence-electron chi connectivity index (χ3n) is 3.79. The van der Waals surface area contributed by atoms with Gasteiger partial charge in [-0.2, -0.15) is 0 Å². The average Bonchev–Trinajstić information content (AvgIpc) is 3.26. The van der Waals surface area contributed by atoms with Gasteiger partial charge in [0.25, 0.3) is 0 Å². The number of esters is 1. The van der Waals surface area contributed by atoms with Crippen LogP contribution in [0.2, 0.25) is 0 Å². The minimum atomic E-state index is -0.456. The molecule has 6 nitrogen and oxygen atoms in total. The van der Waals surface area contributed by atoms with Crippen LogP contribution in [0.15, 0.2) is 30.5 Å². The van der Waals surface area contributed by atoms with Crippen molar-refractivity contribution in [3.05, 3.63) is 47.3 Å². The summed E-state index contributed by atoms with van der Waals surface area (Å²) < 4.78 is 6.35. The molecule has 116 valence electrons. The molecule has 1 saturated carbocycles. The van der Waals surface area contributed by atoms with Gasteiger partial charge in [0.15, 0.2) is 5.69 Å². The van der Waals surface area contributed by atoms with E-state index in [9.17, 15) is 4.79 Å². The molecule has 0 N–H and O–H groups in total. The number of rotatable bonds is 6. The zero-order chi connectivity index (χ0) is 15.5. The second kappa shape index (κ2) is 6.27. The molecule has 1 aliphatic carbocycles. The molecule has 1 aliphatic rings. The lowest BCUT2D eigenvalue weighted by Gasteiger charge is -2.21. The Morgan fingerprint density at radius 3 is 2.95 bits per heavy atom. The second-order valence-electron chi connectivity index (χ2n) is 5.74. The lowest BCUT2D eigenvalue weighted by molar-refractivity contribution is 0.0594. The van der Waals surface area contributed by atoms with E-state index in [0.717, 1.165) is 6.54 Å². The molecule has 2 aromatic rings. The number of nitrogens with zero attached hydrogens (tertiary/aromatic N) is 4. The Hall–Kier alpha value is -2.21. The van der Waals surface area contributed by atoms with Crippen LogP contribution in [0.5, 0.6) is 0 Å². The standard InChI is InChI=1S/C16H20N4O2/c1-12-4-3-5-13(8-12)9-19(14-6-7-14)11-20-10-15(17-18-20)16(21)22-2/h3-5,8,10,14H,6-7,9,11H2,1-2H3. The van der Waals surface area contributed by atoms with Gasteiger partial charge in [-0.3, -0.25) is 4.90 Å². The Balaban J connectivity index is 1.69. The molecule has 1 heterocycles. The third kappa shape index (κ3) is 3.51. The molecule has 6 heteroatoms. The van der Waals surface area contributed by atoms with Crippen molar-refractivity contribution in [3.8, 4) is 0 Å². The molecule has 1 fully saturated rings. The SMILES string of the molecule is COC(=O)c1cn(CN(Cc2cccc(C)c2)C2CC2)nn1. The summed E-state index contributed by atoms with van der Waals surface area (Å²) in [7, 11) is 1.34. The van der Waals surface area contributed by atoms with E-state index in [1.165, 1.54) is 31.1 Å². The van der Waals surface area contributed by atoms with Gasteiger partial charge in [0, 0.05) is 12.6 Å². The van der Waals surface area contributed by atoms with Crippen molar-refractivity contribution in [1.82, 2.24) is 19.9 Å². The minimum Gasteiger partial charge on any atom is -0.464 e. The van der Waals surface area contributed by atoms with E-state index < -0.39 is 5.97 Å². The Labute approximate surface area is 129 Å².